The molecule has 0 fully saturated rings. The Labute approximate surface area is 119 Å². The van der Waals surface area contributed by atoms with E-state index in [0.717, 1.165) is 11.5 Å². The molecule has 2 rings (SSSR count). The van der Waals surface area contributed by atoms with Crippen molar-refractivity contribution >= 4 is 37.3 Å². The Morgan fingerprint density at radius 3 is 2.33 bits per heavy atom. The van der Waals surface area contributed by atoms with Crippen LogP contribution in [-0.4, -0.2) is 7.05 Å². The number of hydrogen-bond donors (Lipinski definition) is 0. The van der Waals surface area contributed by atoms with Crippen LogP contribution < -0.4 is 9.64 Å². The molecule has 1 aromatic carbocycles. The number of halogens is 1. The predicted octanol–water partition coefficient (Wildman–Crippen LogP) is 4.08. The van der Waals surface area contributed by atoms with Crippen LogP contribution in [0.1, 0.15) is 16.7 Å². The Morgan fingerprint density at radius 2 is 1.83 bits per heavy atom. The van der Waals surface area contributed by atoms with Gasteiger partial charge in [-0.2, -0.15) is 0 Å². The van der Waals surface area contributed by atoms with E-state index < -0.39 is 0 Å². The summed E-state index contributed by atoms with van der Waals surface area (Å²) in [4.78, 5) is 13.4. The molecule has 2 aromatic rings. The predicted molar refractivity (Wildman–Crippen MR) is 81.5 cm³/mol. The van der Waals surface area contributed by atoms with Crippen molar-refractivity contribution in [3.63, 3.8) is 0 Å². The summed E-state index contributed by atoms with van der Waals surface area (Å²) in [6.07, 6.45) is 0. The van der Waals surface area contributed by atoms with Gasteiger partial charge < -0.3 is 4.90 Å². The Kier molecular flexibility index (Phi) is 4.10. The van der Waals surface area contributed by atoms with Gasteiger partial charge in [-0.15, -0.1) is 0 Å². The van der Waals surface area contributed by atoms with Gasteiger partial charge in [-0.25, -0.2) is 0 Å². The summed E-state index contributed by atoms with van der Waals surface area (Å²) in [6, 6.07) is 6.27. The van der Waals surface area contributed by atoms with Crippen LogP contribution in [0.4, 0.5) is 5.00 Å². The normalized spacial score (nSPS) is 10.7. The fraction of sp³-hybridized carbons (Fsp3) is 0.308. The van der Waals surface area contributed by atoms with Crippen molar-refractivity contribution in [3.8, 4) is 0 Å². The standard InChI is InChI=1S/C13H14ClNOS2/c1-8-5-4-6-9(2)10(8)7-15(3)12-11(14)13(16)18-17-12/h4-6H,7H2,1-3H3. The summed E-state index contributed by atoms with van der Waals surface area (Å²) in [5.41, 5.74) is 3.82. The molecule has 0 atom stereocenters. The largest absolute Gasteiger partial charge is 0.360 e. The fourth-order valence-corrected chi connectivity index (χ4v) is 4.62. The molecule has 0 aliphatic heterocycles. The number of anilines is 1. The third-order valence-corrected chi connectivity index (χ3v) is 5.81. The monoisotopic (exact) mass is 299 g/mol. The first-order valence-electron chi connectivity index (χ1n) is 5.55. The van der Waals surface area contributed by atoms with Crippen molar-refractivity contribution in [2.24, 2.45) is 0 Å². The second-order valence-corrected chi connectivity index (χ2v) is 6.77. The van der Waals surface area contributed by atoms with E-state index in [-0.39, 0.29) is 4.74 Å². The maximum absolute atomic E-state index is 11.4. The van der Waals surface area contributed by atoms with E-state index in [1.54, 1.807) is 0 Å². The highest BCUT2D eigenvalue weighted by Crippen LogP contribution is 2.31. The molecule has 0 N–H and O–H groups in total. The van der Waals surface area contributed by atoms with Crippen molar-refractivity contribution in [1.82, 2.24) is 0 Å². The molecule has 0 aliphatic rings. The first-order valence-corrected chi connectivity index (χ1v) is 8.08. The summed E-state index contributed by atoms with van der Waals surface area (Å²) < 4.78 is -0.0509. The molecule has 5 heteroatoms. The van der Waals surface area contributed by atoms with Crippen molar-refractivity contribution in [2.75, 3.05) is 11.9 Å². The molecule has 0 unspecified atom stereocenters. The Bertz CT molecular complexity index is 597. The molecule has 18 heavy (non-hydrogen) atoms. The van der Waals surface area contributed by atoms with E-state index in [1.165, 1.54) is 37.4 Å². The molecule has 1 aromatic heterocycles. The average molecular weight is 300 g/mol. The lowest BCUT2D eigenvalue weighted by molar-refractivity contribution is 0.915. The molecule has 0 saturated carbocycles. The second-order valence-electron chi connectivity index (χ2n) is 4.30. The SMILES string of the molecule is Cc1cccc(C)c1CN(C)c1ssc(=O)c1Cl. The van der Waals surface area contributed by atoms with Crippen LogP contribution in [0.15, 0.2) is 23.0 Å². The van der Waals surface area contributed by atoms with Crippen LogP contribution in [0.2, 0.25) is 5.02 Å². The van der Waals surface area contributed by atoms with E-state index in [2.05, 4.69) is 32.0 Å². The van der Waals surface area contributed by atoms with Crippen molar-refractivity contribution in [3.05, 3.63) is 49.4 Å². The van der Waals surface area contributed by atoms with Crippen molar-refractivity contribution in [1.29, 1.82) is 0 Å². The van der Waals surface area contributed by atoms with Gasteiger partial charge in [0.25, 0.3) is 4.74 Å². The first kappa shape index (κ1) is 13.6. The van der Waals surface area contributed by atoms with Gasteiger partial charge in [-0.1, -0.05) is 40.1 Å². The second kappa shape index (κ2) is 5.43. The minimum atomic E-state index is -0.0509. The summed E-state index contributed by atoms with van der Waals surface area (Å²) >= 11 is 6.02. The zero-order valence-electron chi connectivity index (χ0n) is 10.5. The molecule has 96 valence electrons. The maximum atomic E-state index is 11.4. The van der Waals surface area contributed by atoms with Crippen molar-refractivity contribution in [2.45, 2.75) is 20.4 Å². The van der Waals surface area contributed by atoms with Crippen LogP contribution in [-0.2, 0) is 6.54 Å². The molecular weight excluding hydrogens is 286 g/mol. The Hall–Kier alpha value is -0.840. The Morgan fingerprint density at radius 1 is 1.22 bits per heavy atom. The van der Waals surface area contributed by atoms with Crippen LogP contribution in [0.25, 0.3) is 0 Å². The van der Waals surface area contributed by atoms with Crippen LogP contribution in [0.3, 0.4) is 0 Å². The molecule has 0 aliphatic carbocycles. The summed E-state index contributed by atoms with van der Waals surface area (Å²) in [6.45, 7) is 4.98. The summed E-state index contributed by atoms with van der Waals surface area (Å²) in [5, 5.41) is 1.20. The lowest BCUT2D eigenvalue weighted by atomic mass is 10.0. The zero-order chi connectivity index (χ0) is 13.3. The third kappa shape index (κ3) is 2.60. The van der Waals surface area contributed by atoms with E-state index in [1.807, 2.05) is 11.9 Å². The zero-order valence-corrected chi connectivity index (χ0v) is 12.9. The maximum Gasteiger partial charge on any atom is 0.263 e. The highest BCUT2D eigenvalue weighted by Gasteiger charge is 2.14. The first-order chi connectivity index (χ1) is 8.50. The molecule has 0 saturated heterocycles. The van der Waals surface area contributed by atoms with E-state index in [9.17, 15) is 4.79 Å². The highest BCUT2D eigenvalue weighted by molar-refractivity contribution is 7.70. The quantitative estimate of drug-likeness (QED) is 0.796. The lowest BCUT2D eigenvalue weighted by Crippen LogP contribution is -2.17. The number of benzene rings is 1. The minimum Gasteiger partial charge on any atom is -0.360 e. The van der Waals surface area contributed by atoms with Crippen LogP contribution >= 0.6 is 32.3 Å². The number of rotatable bonds is 3. The van der Waals surface area contributed by atoms with Gasteiger partial charge in [0, 0.05) is 13.6 Å². The van der Waals surface area contributed by atoms with Gasteiger partial charge in [0.15, 0.2) is 0 Å². The average Bonchev–Trinajstić information content (AvgIpc) is 2.65. The Balaban J connectivity index is 2.29. The van der Waals surface area contributed by atoms with E-state index in [4.69, 9.17) is 11.6 Å². The van der Waals surface area contributed by atoms with Gasteiger partial charge in [-0.05, 0) is 40.9 Å². The smallest absolute Gasteiger partial charge is 0.263 e. The van der Waals surface area contributed by atoms with Gasteiger partial charge in [0.2, 0.25) is 0 Å². The number of hydrogen-bond acceptors (Lipinski definition) is 4. The van der Waals surface area contributed by atoms with E-state index >= 15 is 0 Å². The summed E-state index contributed by atoms with van der Waals surface area (Å²) in [7, 11) is 4.60. The summed E-state index contributed by atoms with van der Waals surface area (Å²) in [5.74, 6) is 0. The molecule has 0 radical (unpaired) electrons. The highest BCUT2D eigenvalue weighted by atomic mass is 35.5. The topological polar surface area (TPSA) is 20.3 Å². The molecule has 2 nitrogen and oxygen atoms in total. The van der Waals surface area contributed by atoms with Gasteiger partial charge in [-0.3, -0.25) is 4.79 Å². The van der Waals surface area contributed by atoms with Crippen LogP contribution in [0, 0.1) is 13.8 Å². The number of aryl methyl sites for hydroxylation is 2. The molecule has 0 amide bonds. The molecular formula is C13H14ClNOS2. The van der Waals surface area contributed by atoms with Crippen LogP contribution in [0.5, 0.6) is 0 Å². The van der Waals surface area contributed by atoms with E-state index in [0.29, 0.717) is 5.02 Å². The number of nitrogens with zero attached hydrogens (tertiary/aromatic N) is 1. The fourth-order valence-electron chi connectivity index (χ4n) is 1.88. The third-order valence-electron chi connectivity index (χ3n) is 2.95. The minimum absolute atomic E-state index is 0.0509. The van der Waals surface area contributed by atoms with Crippen molar-refractivity contribution < 1.29 is 0 Å². The van der Waals surface area contributed by atoms with Gasteiger partial charge in [0.1, 0.15) is 10.0 Å². The molecule has 1 heterocycles. The lowest BCUT2D eigenvalue weighted by Gasteiger charge is -2.20. The molecule has 0 bridgehead atoms. The molecule has 0 spiro atoms. The van der Waals surface area contributed by atoms with Gasteiger partial charge >= 0.3 is 0 Å². The van der Waals surface area contributed by atoms with Gasteiger partial charge in [0.05, 0.1) is 0 Å².